The maximum absolute atomic E-state index is 12.0. The van der Waals surface area contributed by atoms with Crippen LogP contribution >= 0.6 is 15.9 Å². The van der Waals surface area contributed by atoms with Gasteiger partial charge < -0.3 is 15.5 Å². The van der Waals surface area contributed by atoms with Gasteiger partial charge in [-0.2, -0.15) is 0 Å². The summed E-state index contributed by atoms with van der Waals surface area (Å²) in [5, 5.41) is 5.42. The molecule has 0 aliphatic carbocycles. The summed E-state index contributed by atoms with van der Waals surface area (Å²) in [6.07, 6.45) is 0. The van der Waals surface area contributed by atoms with Crippen LogP contribution in [0, 0.1) is 0 Å². The van der Waals surface area contributed by atoms with Crippen molar-refractivity contribution in [3.8, 4) is 0 Å². The van der Waals surface area contributed by atoms with E-state index in [0.29, 0.717) is 12.1 Å². The minimum absolute atomic E-state index is 0.0515. The average molecular weight is 404 g/mol. The predicted molar refractivity (Wildman–Crippen MR) is 102 cm³/mol. The lowest BCUT2D eigenvalue weighted by Gasteiger charge is -2.11. The first-order valence-corrected chi connectivity index (χ1v) is 8.76. The number of carbonyl (C=O) groups is 2. The normalized spacial score (nSPS) is 10.6. The summed E-state index contributed by atoms with van der Waals surface area (Å²) in [6.45, 7) is 1.27. The second kappa shape index (κ2) is 9.34. The minimum Gasteiger partial charge on any atom is -0.350 e. The molecule has 0 heterocycles. The molecule has 0 spiro atoms. The molecular formula is C19H22BrN3O2. The third kappa shape index (κ3) is 6.68. The van der Waals surface area contributed by atoms with E-state index in [9.17, 15) is 9.59 Å². The van der Waals surface area contributed by atoms with Crippen molar-refractivity contribution < 1.29 is 9.59 Å². The number of nitrogens with zero attached hydrogens (tertiary/aromatic N) is 1. The van der Waals surface area contributed by atoms with Crippen molar-refractivity contribution in [2.24, 2.45) is 0 Å². The van der Waals surface area contributed by atoms with E-state index in [4.69, 9.17) is 0 Å². The number of carbonyl (C=O) groups excluding carboxylic acids is 2. The predicted octanol–water partition coefficient (Wildman–Crippen LogP) is 2.56. The van der Waals surface area contributed by atoms with Crippen molar-refractivity contribution in [3.63, 3.8) is 0 Å². The number of hydrogen-bond acceptors (Lipinski definition) is 3. The number of amides is 2. The van der Waals surface area contributed by atoms with Crippen LogP contribution in [0.2, 0.25) is 0 Å². The first-order chi connectivity index (χ1) is 11.9. The molecule has 0 atom stereocenters. The van der Waals surface area contributed by atoms with Crippen molar-refractivity contribution in [1.82, 2.24) is 15.5 Å². The quantitative estimate of drug-likeness (QED) is 0.746. The monoisotopic (exact) mass is 403 g/mol. The number of hydrogen-bond donors (Lipinski definition) is 2. The average Bonchev–Trinajstić information content (AvgIpc) is 2.58. The maximum atomic E-state index is 12.0. The third-order valence-electron chi connectivity index (χ3n) is 3.51. The van der Waals surface area contributed by atoms with Crippen molar-refractivity contribution in [3.05, 3.63) is 69.7 Å². The van der Waals surface area contributed by atoms with Crippen LogP contribution in [0.25, 0.3) is 0 Å². The molecule has 0 bridgehead atoms. The van der Waals surface area contributed by atoms with Gasteiger partial charge in [-0.1, -0.05) is 46.3 Å². The Morgan fingerprint density at radius 2 is 1.68 bits per heavy atom. The molecule has 2 aromatic rings. The Hall–Kier alpha value is -2.18. The molecule has 2 rings (SSSR count). The maximum Gasteiger partial charge on any atom is 0.251 e. The number of nitrogens with one attached hydrogen (secondary N) is 2. The highest BCUT2D eigenvalue weighted by Crippen LogP contribution is 2.11. The van der Waals surface area contributed by atoms with E-state index in [2.05, 4.69) is 43.6 Å². The van der Waals surface area contributed by atoms with Gasteiger partial charge in [0.25, 0.3) is 5.91 Å². The van der Waals surface area contributed by atoms with Crippen LogP contribution in [0.5, 0.6) is 0 Å². The van der Waals surface area contributed by atoms with Crippen LogP contribution in [0.15, 0.2) is 53.0 Å². The second-order valence-corrected chi connectivity index (χ2v) is 6.94. The summed E-state index contributed by atoms with van der Waals surface area (Å²) >= 11 is 3.32. The topological polar surface area (TPSA) is 61.4 Å². The highest BCUT2D eigenvalue weighted by atomic mass is 79.9. The van der Waals surface area contributed by atoms with Gasteiger partial charge >= 0.3 is 0 Å². The fraction of sp³-hybridized carbons (Fsp3) is 0.263. The number of benzene rings is 2. The molecule has 0 radical (unpaired) electrons. The Kier molecular flexibility index (Phi) is 7.16. The zero-order valence-electron chi connectivity index (χ0n) is 14.4. The highest BCUT2D eigenvalue weighted by Gasteiger charge is 2.08. The van der Waals surface area contributed by atoms with E-state index in [-0.39, 0.29) is 18.4 Å². The van der Waals surface area contributed by atoms with Gasteiger partial charge in [0.1, 0.15) is 0 Å². The van der Waals surface area contributed by atoms with Gasteiger partial charge in [0.2, 0.25) is 5.91 Å². The first-order valence-electron chi connectivity index (χ1n) is 7.97. The van der Waals surface area contributed by atoms with E-state index in [1.165, 1.54) is 5.56 Å². The molecule has 0 fully saturated rings. The van der Waals surface area contributed by atoms with Gasteiger partial charge in [-0.15, -0.1) is 0 Å². The lowest BCUT2D eigenvalue weighted by atomic mass is 10.1. The summed E-state index contributed by atoms with van der Waals surface area (Å²) in [4.78, 5) is 26.0. The lowest BCUT2D eigenvalue weighted by molar-refractivity contribution is -0.120. The van der Waals surface area contributed by atoms with Gasteiger partial charge in [0.05, 0.1) is 6.54 Å². The SMILES string of the molecule is CN(C)Cc1ccc(CNC(=O)CNC(=O)c2cccc(Br)c2)cc1. The fourth-order valence-corrected chi connectivity index (χ4v) is 2.68. The molecule has 6 heteroatoms. The van der Waals surface area contributed by atoms with Crippen LogP contribution in [0.1, 0.15) is 21.5 Å². The van der Waals surface area contributed by atoms with Crippen LogP contribution in [0.3, 0.4) is 0 Å². The zero-order chi connectivity index (χ0) is 18.2. The molecule has 0 saturated heterocycles. The third-order valence-corrected chi connectivity index (χ3v) is 4.00. The summed E-state index contributed by atoms with van der Waals surface area (Å²) < 4.78 is 0.822. The van der Waals surface area contributed by atoms with Crippen molar-refractivity contribution in [2.45, 2.75) is 13.1 Å². The molecule has 2 amide bonds. The Labute approximate surface area is 156 Å². The first kappa shape index (κ1) is 19.1. The molecule has 0 aliphatic rings. The van der Waals surface area contributed by atoms with Gasteiger partial charge in [-0.05, 0) is 43.4 Å². The molecule has 132 valence electrons. The van der Waals surface area contributed by atoms with Crippen molar-refractivity contribution in [2.75, 3.05) is 20.6 Å². The minimum atomic E-state index is -0.274. The van der Waals surface area contributed by atoms with Crippen LogP contribution in [0.4, 0.5) is 0 Å². The largest absolute Gasteiger partial charge is 0.350 e. The standard InChI is InChI=1S/C19H22BrN3O2/c1-23(2)13-15-8-6-14(7-9-15)11-21-18(24)12-22-19(25)16-4-3-5-17(20)10-16/h3-10H,11-13H2,1-2H3,(H,21,24)(H,22,25). The smallest absolute Gasteiger partial charge is 0.251 e. The van der Waals surface area contributed by atoms with Gasteiger partial charge in [-0.25, -0.2) is 0 Å². The van der Waals surface area contributed by atoms with E-state index < -0.39 is 0 Å². The van der Waals surface area contributed by atoms with E-state index in [0.717, 1.165) is 16.6 Å². The molecule has 5 nitrogen and oxygen atoms in total. The molecule has 2 aromatic carbocycles. The molecule has 0 saturated carbocycles. The summed E-state index contributed by atoms with van der Waals surface area (Å²) in [6, 6.07) is 15.1. The van der Waals surface area contributed by atoms with Gasteiger partial charge in [-0.3, -0.25) is 9.59 Å². The Morgan fingerprint density at radius 1 is 1.00 bits per heavy atom. The van der Waals surface area contributed by atoms with Crippen LogP contribution in [-0.2, 0) is 17.9 Å². The highest BCUT2D eigenvalue weighted by molar-refractivity contribution is 9.10. The summed E-state index contributed by atoms with van der Waals surface area (Å²) in [5.41, 5.74) is 2.76. The second-order valence-electron chi connectivity index (χ2n) is 6.02. The molecule has 0 unspecified atom stereocenters. The van der Waals surface area contributed by atoms with E-state index in [1.807, 2.05) is 32.3 Å². The van der Waals surface area contributed by atoms with Crippen LogP contribution < -0.4 is 10.6 Å². The number of halogens is 1. The molecular weight excluding hydrogens is 382 g/mol. The summed E-state index contributed by atoms with van der Waals surface area (Å²) in [5.74, 6) is -0.495. The van der Waals surface area contributed by atoms with Crippen molar-refractivity contribution >= 4 is 27.7 Å². The summed E-state index contributed by atoms with van der Waals surface area (Å²) in [7, 11) is 4.05. The number of rotatable bonds is 7. The fourth-order valence-electron chi connectivity index (χ4n) is 2.28. The van der Waals surface area contributed by atoms with Gasteiger partial charge in [0.15, 0.2) is 0 Å². The Morgan fingerprint density at radius 3 is 2.32 bits per heavy atom. The molecule has 2 N–H and O–H groups in total. The molecule has 0 aliphatic heterocycles. The van der Waals surface area contributed by atoms with E-state index in [1.54, 1.807) is 18.2 Å². The van der Waals surface area contributed by atoms with Crippen molar-refractivity contribution in [1.29, 1.82) is 0 Å². The Bertz CT molecular complexity index is 730. The molecule has 0 aromatic heterocycles. The molecule has 25 heavy (non-hydrogen) atoms. The van der Waals surface area contributed by atoms with Gasteiger partial charge in [0, 0.05) is 23.1 Å². The van der Waals surface area contributed by atoms with Crippen LogP contribution in [-0.4, -0.2) is 37.4 Å². The lowest BCUT2D eigenvalue weighted by Crippen LogP contribution is -2.36. The van der Waals surface area contributed by atoms with E-state index >= 15 is 0 Å². The Balaban J connectivity index is 1.76. The zero-order valence-corrected chi connectivity index (χ0v) is 16.0.